The van der Waals surface area contributed by atoms with Crippen molar-refractivity contribution in [2.45, 2.75) is 10.9 Å². The number of hydrogen-bond donors (Lipinski definition) is 2. The molecule has 9 heteroatoms. The van der Waals surface area contributed by atoms with E-state index in [0.29, 0.717) is 16.9 Å². The molecule has 1 heterocycles. The third-order valence-corrected chi connectivity index (χ3v) is 5.41. The van der Waals surface area contributed by atoms with Gasteiger partial charge in [-0.2, -0.15) is 5.10 Å². The first-order valence-corrected chi connectivity index (χ1v) is 10.3. The number of nitrogens with zero attached hydrogens (tertiary/aromatic N) is 3. The molecule has 3 aromatic carbocycles. The summed E-state index contributed by atoms with van der Waals surface area (Å²) in [6.07, 6.45) is 1.26. The summed E-state index contributed by atoms with van der Waals surface area (Å²) in [4.78, 5) is 30.6. The van der Waals surface area contributed by atoms with Crippen molar-refractivity contribution in [2.75, 3.05) is 0 Å². The summed E-state index contributed by atoms with van der Waals surface area (Å²) >= 11 is 1.58. The third-order valence-electron chi connectivity index (χ3n) is 4.46. The fraction of sp³-hybridized carbons (Fsp3) is 0.0455. The number of fused-ring (bicyclic) bond motifs is 1. The van der Waals surface area contributed by atoms with Crippen molar-refractivity contribution >= 4 is 40.6 Å². The van der Waals surface area contributed by atoms with Gasteiger partial charge in [0, 0.05) is 17.4 Å². The van der Waals surface area contributed by atoms with Crippen LogP contribution in [0.5, 0.6) is 0 Å². The van der Waals surface area contributed by atoms with Gasteiger partial charge in [0.05, 0.1) is 27.7 Å². The van der Waals surface area contributed by atoms with E-state index in [0.717, 1.165) is 21.8 Å². The molecule has 1 aromatic heterocycles. The van der Waals surface area contributed by atoms with Crippen molar-refractivity contribution in [3.8, 4) is 0 Å². The lowest BCUT2D eigenvalue weighted by Gasteiger charge is -2.03. The van der Waals surface area contributed by atoms with E-state index in [2.05, 4.69) is 20.5 Å². The number of aromatic amines is 1. The maximum Gasteiger partial charge on any atom is 0.278 e. The summed E-state index contributed by atoms with van der Waals surface area (Å²) in [5.41, 5.74) is 6.04. The number of H-pyrrole nitrogens is 1. The van der Waals surface area contributed by atoms with E-state index in [1.54, 1.807) is 42.1 Å². The standard InChI is InChI=1S/C22H17N5O3S/c28-21(26-23-13-17-5-1-4-8-20(17)27(29)30)16-11-9-15(10-12-16)14-31-22-24-18-6-2-3-7-19(18)25-22/h1-13H,14H2,(H,24,25)(H,26,28). The van der Waals surface area contributed by atoms with Crippen LogP contribution in [0.1, 0.15) is 21.5 Å². The molecule has 0 unspecified atom stereocenters. The Morgan fingerprint density at radius 3 is 2.61 bits per heavy atom. The summed E-state index contributed by atoms with van der Waals surface area (Å²) in [6.45, 7) is 0. The zero-order valence-electron chi connectivity index (χ0n) is 16.2. The van der Waals surface area contributed by atoms with Crippen molar-refractivity contribution in [3.63, 3.8) is 0 Å². The molecular weight excluding hydrogens is 414 g/mol. The number of nitro benzene ring substituents is 1. The SMILES string of the molecule is O=C(NN=Cc1ccccc1[N+](=O)[O-])c1ccc(CSc2nc3ccccc3[nH]2)cc1. The highest BCUT2D eigenvalue weighted by Crippen LogP contribution is 2.23. The lowest BCUT2D eigenvalue weighted by atomic mass is 10.1. The van der Waals surface area contributed by atoms with Gasteiger partial charge in [-0.25, -0.2) is 10.4 Å². The van der Waals surface area contributed by atoms with Gasteiger partial charge < -0.3 is 4.98 Å². The van der Waals surface area contributed by atoms with Crippen molar-refractivity contribution in [3.05, 3.63) is 99.6 Å². The number of benzene rings is 3. The molecule has 154 valence electrons. The monoisotopic (exact) mass is 431 g/mol. The summed E-state index contributed by atoms with van der Waals surface area (Å²) in [5, 5.41) is 15.7. The van der Waals surface area contributed by atoms with Gasteiger partial charge in [-0.1, -0.05) is 48.2 Å². The van der Waals surface area contributed by atoms with E-state index in [1.165, 1.54) is 12.3 Å². The molecule has 0 spiro atoms. The molecule has 0 bridgehead atoms. The van der Waals surface area contributed by atoms with Crippen molar-refractivity contribution in [1.29, 1.82) is 0 Å². The predicted octanol–water partition coefficient (Wildman–Crippen LogP) is 4.53. The number of amides is 1. The summed E-state index contributed by atoms with van der Waals surface area (Å²) in [6, 6.07) is 21.2. The summed E-state index contributed by atoms with van der Waals surface area (Å²) in [5.74, 6) is 0.309. The predicted molar refractivity (Wildman–Crippen MR) is 120 cm³/mol. The highest BCUT2D eigenvalue weighted by Gasteiger charge is 2.10. The van der Waals surface area contributed by atoms with Gasteiger partial charge in [-0.15, -0.1) is 0 Å². The van der Waals surface area contributed by atoms with E-state index in [9.17, 15) is 14.9 Å². The second-order valence-electron chi connectivity index (χ2n) is 6.56. The zero-order valence-corrected chi connectivity index (χ0v) is 17.0. The van der Waals surface area contributed by atoms with Gasteiger partial charge in [-0.3, -0.25) is 14.9 Å². The first kappa shape index (κ1) is 20.3. The number of nitro groups is 1. The van der Waals surface area contributed by atoms with Crippen LogP contribution >= 0.6 is 11.8 Å². The molecule has 31 heavy (non-hydrogen) atoms. The lowest BCUT2D eigenvalue weighted by molar-refractivity contribution is -0.385. The molecule has 0 radical (unpaired) electrons. The Hall–Kier alpha value is -3.98. The number of rotatable bonds is 7. The quantitative estimate of drug-likeness (QED) is 0.193. The number of carbonyl (C=O) groups is 1. The Kier molecular flexibility index (Phi) is 6.04. The van der Waals surface area contributed by atoms with Crippen LogP contribution in [-0.4, -0.2) is 27.0 Å². The molecular formula is C22H17N5O3S. The van der Waals surface area contributed by atoms with Crippen molar-refractivity contribution in [2.24, 2.45) is 5.10 Å². The van der Waals surface area contributed by atoms with E-state index in [1.807, 2.05) is 36.4 Å². The minimum absolute atomic E-state index is 0.0770. The van der Waals surface area contributed by atoms with Gasteiger partial charge in [0.1, 0.15) is 0 Å². The van der Waals surface area contributed by atoms with Crippen LogP contribution in [0.4, 0.5) is 5.69 Å². The molecule has 8 nitrogen and oxygen atoms in total. The molecule has 4 rings (SSSR count). The second-order valence-corrected chi connectivity index (χ2v) is 7.52. The second kappa shape index (κ2) is 9.23. The van der Waals surface area contributed by atoms with Crippen LogP contribution in [0.2, 0.25) is 0 Å². The van der Waals surface area contributed by atoms with E-state index >= 15 is 0 Å². The van der Waals surface area contributed by atoms with Gasteiger partial charge in [0.2, 0.25) is 0 Å². The van der Waals surface area contributed by atoms with Gasteiger partial charge in [-0.05, 0) is 35.9 Å². The molecule has 0 saturated heterocycles. The van der Waals surface area contributed by atoms with E-state index in [-0.39, 0.29) is 5.69 Å². The number of thioether (sulfide) groups is 1. The fourth-order valence-corrected chi connectivity index (χ4v) is 3.73. The molecule has 0 aliphatic carbocycles. The number of hydrogen-bond acceptors (Lipinski definition) is 6. The Bertz CT molecular complexity index is 1230. The van der Waals surface area contributed by atoms with Crippen molar-refractivity contribution in [1.82, 2.24) is 15.4 Å². The third kappa shape index (κ3) is 4.96. The minimum atomic E-state index is -0.495. The molecule has 2 N–H and O–H groups in total. The minimum Gasteiger partial charge on any atom is -0.333 e. The normalized spacial score (nSPS) is 11.1. The largest absolute Gasteiger partial charge is 0.333 e. The molecule has 4 aromatic rings. The van der Waals surface area contributed by atoms with E-state index in [4.69, 9.17) is 0 Å². The Balaban J connectivity index is 1.34. The van der Waals surface area contributed by atoms with Crippen LogP contribution in [0.3, 0.4) is 0 Å². The summed E-state index contributed by atoms with van der Waals surface area (Å²) in [7, 11) is 0. The maximum atomic E-state index is 12.3. The van der Waals surface area contributed by atoms with Gasteiger partial charge in [0.15, 0.2) is 5.16 Å². The highest BCUT2D eigenvalue weighted by molar-refractivity contribution is 7.98. The smallest absolute Gasteiger partial charge is 0.278 e. The first-order chi connectivity index (χ1) is 15.1. The van der Waals surface area contributed by atoms with Gasteiger partial charge in [0.25, 0.3) is 11.6 Å². The Labute approximate surface area is 181 Å². The average Bonchev–Trinajstić information content (AvgIpc) is 3.21. The number of carbonyl (C=O) groups excluding carboxylic acids is 1. The van der Waals surface area contributed by atoms with Crippen LogP contribution < -0.4 is 5.43 Å². The molecule has 0 aliphatic rings. The highest BCUT2D eigenvalue weighted by atomic mass is 32.2. The van der Waals surface area contributed by atoms with Gasteiger partial charge >= 0.3 is 0 Å². The molecule has 0 fully saturated rings. The maximum absolute atomic E-state index is 12.3. The Morgan fingerprint density at radius 2 is 1.84 bits per heavy atom. The van der Waals surface area contributed by atoms with Crippen LogP contribution in [0, 0.1) is 10.1 Å². The lowest BCUT2D eigenvalue weighted by Crippen LogP contribution is -2.17. The van der Waals surface area contributed by atoms with Crippen LogP contribution in [0.25, 0.3) is 11.0 Å². The fourth-order valence-electron chi connectivity index (χ4n) is 2.89. The van der Waals surface area contributed by atoms with Crippen LogP contribution in [0.15, 0.2) is 83.1 Å². The molecule has 0 aliphatic heterocycles. The topological polar surface area (TPSA) is 113 Å². The number of hydrazone groups is 1. The first-order valence-electron chi connectivity index (χ1n) is 9.33. The summed E-state index contributed by atoms with van der Waals surface area (Å²) < 4.78 is 0. The number of imidazole rings is 1. The van der Waals surface area contributed by atoms with Crippen LogP contribution in [-0.2, 0) is 5.75 Å². The zero-order chi connectivity index (χ0) is 21.6. The number of aromatic nitrogens is 2. The number of para-hydroxylation sites is 3. The van der Waals surface area contributed by atoms with Crippen molar-refractivity contribution < 1.29 is 9.72 Å². The average molecular weight is 431 g/mol. The molecule has 0 saturated carbocycles. The molecule has 0 atom stereocenters. The molecule has 1 amide bonds. The number of nitrogens with one attached hydrogen (secondary N) is 2. The Morgan fingerprint density at radius 1 is 1.10 bits per heavy atom. The van der Waals surface area contributed by atoms with E-state index < -0.39 is 10.8 Å².